The number of fused-ring (bicyclic) bond motifs is 1. The van der Waals surface area contributed by atoms with Crippen LogP contribution in [-0.2, 0) is 5.75 Å². The number of hydrogen-bond acceptors (Lipinski definition) is 5. The number of rotatable bonds is 7. The second kappa shape index (κ2) is 10.9. The van der Waals surface area contributed by atoms with Crippen LogP contribution in [0.25, 0.3) is 17.2 Å². The van der Waals surface area contributed by atoms with Gasteiger partial charge < -0.3 is 9.32 Å². The van der Waals surface area contributed by atoms with Crippen LogP contribution in [-0.4, -0.2) is 53.4 Å². The van der Waals surface area contributed by atoms with Crippen molar-refractivity contribution < 1.29 is 9.21 Å². The van der Waals surface area contributed by atoms with Gasteiger partial charge in [-0.15, -0.1) is 0 Å². The van der Waals surface area contributed by atoms with Gasteiger partial charge in [0.1, 0.15) is 5.52 Å². The lowest BCUT2D eigenvalue weighted by Gasteiger charge is -2.34. The van der Waals surface area contributed by atoms with E-state index in [-0.39, 0.29) is 5.91 Å². The Balaban J connectivity index is 1.13. The largest absolute Gasteiger partial charge is 0.431 e. The molecule has 1 saturated heterocycles. The fraction of sp³-hybridized carbons (Fsp3) is 0.241. The Bertz CT molecular complexity index is 1320. The lowest BCUT2D eigenvalue weighted by atomic mass is 10.1. The summed E-state index contributed by atoms with van der Waals surface area (Å²) in [6.45, 7) is 6.22. The minimum absolute atomic E-state index is 0.105. The van der Waals surface area contributed by atoms with Crippen molar-refractivity contribution in [2.24, 2.45) is 0 Å². The van der Waals surface area contributed by atoms with Crippen LogP contribution in [0.1, 0.15) is 27.0 Å². The number of aryl methyl sites for hydroxylation is 1. The van der Waals surface area contributed by atoms with Crippen LogP contribution in [0.4, 0.5) is 0 Å². The number of thioether (sulfide) groups is 1. The maximum Gasteiger partial charge on any atom is 0.257 e. The van der Waals surface area contributed by atoms with E-state index in [1.54, 1.807) is 11.8 Å². The van der Waals surface area contributed by atoms with Crippen molar-refractivity contribution in [1.82, 2.24) is 14.8 Å². The van der Waals surface area contributed by atoms with Gasteiger partial charge in [-0.25, -0.2) is 4.98 Å². The number of aromatic nitrogens is 1. The number of nitrogens with zero attached hydrogens (tertiary/aromatic N) is 3. The minimum atomic E-state index is 0.105. The third kappa shape index (κ3) is 6.02. The van der Waals surface area contributed by atoms with Gasteiger partial charge in [0.05, 0.1) is 0 Å². The first-order chi connectivity index (χ1) is 17.1. The van der Waals surface area contributed by atoms with E-state index in [4.69, 9.17) is 4.42 Å². The van der Waals surface area contributed by atoms with E-state index >= 15 is 0 Å². The average molecular weight is 484 g/mol. The Morgan fingerprint density at radius 2 is 1.83 bits per heavy atom. The van der Waals surface area contributed by atoms with Gasteiger partial charge in [-0.3, -0.25) is 9.69 Å². The second-order valence-corrected chi connectivity index (χ2v) is 9.77. The molecular weight excluding hydrogens is 454 g/mol. The summed E-state index contributed by atoms with van der Waals surface area (Å²) in [6, 6.07) is 24.3. The van der Waals surface area contributed by atoms with E-state index in [0.717, 1.165) is 60.5 Å². The third-order valence-electron chi connectivity index (χ3n) is 6.19. The summed E-state index contributed by atoms with van der Waals surface area (Å²) in [4.78, 5) is 22.1. The molecule has 5 nitrogen and oxygen atoms in total. The van der Waals surface area contributed by atoms with E-state index in [9.17, 15) is 4.79 Å². The molecule has 6 heteroatoms. The van der Waals surface area contributed by atoms with Crippen LogP contribution in [0.15, 0.2) is 88.5 Å². The molecule has 3 aromatic carbocycles. The first-order valence-electron chi connectivity index (χ1n) is 12.0. The number of oxazole rings is 1. The van der Waals surface area contributed by atoms with Gasteiger partial charge >= 0.3 is 0 Å². The van der Waals surface area contributed by atoms with E-state index in [1.807, 2.05) is 72.5 Å². The Kier molecular flexibility index (Phi) is 7.31. The first-order valence-corrected chi connectivity index (χ1v) is 12.9. The molecule has 0 bridgehead atoms. The molecule has 0 radical (unpaired) electrons. The molecule has 1 aliphatic rings. The van der Waals surface area contributed by atoms with Gasteiger partial charge in [0.25, 0.3) is 11.1 Å². The summed E-state index contributed by atoms with van der Waals surface area (Å²) >= 11 is 1.55. The number of carbonyl (C=O) groups is 1. The quantitative estimate of drug-likeness (QED) is 0.306. The molecule has 1 aromatic heterocycles. The molecule has 0 N–H and O–H groups in total. The van der Waals surface area contributed by atoms with Crippen molar-refractivity contribution in [3.05, 3.63) is 101 Å². The van der Waals surface area contributed by atoms with Crippen LogP contribution >= 0.6 is 11.8 Å². The maximum atomic E-state index is 13.1. The molecule has 0 saturated carbocycles. The molecule has 35 heavy (non-hydrogen) atoms. The molecule has 0 atom stereocenters. The first kappa shape index (κ1) is 23.4. The zero-order valence-corrected chi connectivity index (χ0v) is 20.7. The number of amides is 1. The number of piperazine rings is 1. The molecule has 1 fully saturated rings. The Morgan fingerprint density at radius 1 is 1.00 bits per heavy atom. The standard InChI is InChI=1S/C29H29N3O2S/c1-22-12-13-27-26(19-22)30-29(34-27)35-21-24-9-5-11-25(20-24)28(33)32-17-15-31(16-18-32)14-6-10-23-7-3-2-4-8-23/h2-13,19-20H,14-18,21H2,1H3. The van der Waals surface area contributed by atoms with E-state index < -0.39 is 0 Å². The summed E-state index contributed by atoms with van der Waals surface area (Å²) in [7, 11) is 0. The van der Waals surface area contributed by atoms with Crippen molar-refractivity contribution in [2.45, 2.75) is 17.9 Å². The molecule has 2 heterocycles. The smallest absolute Gasteiger partial charge is 0.257 e. The van der Waals surface area contributed by atoms with E-state index in [0.29, 0.717) is 11.0 Å². The van der Waals surface area contributed by atoms with Gasteiger partial charge in [0.2, 0.25) is 0 Å². The lowest BCUT2D eigenvalue weighted by molar-refractivity contribution is 0.0650. The van der Waals surface area contributed by atoms with Gasteiger partial charge in [-0.2, -0.15) is 0 Å². The van der Waals surface area contributed by atoms with Crippen molar-refractivity contribution in [3.63, 3.8) is 0 Å². The van der Waals surface area contributed by atoms with Gasteiger partial charge in [-0.1, -0.05) is 72.4 Å². The summed E-state index contributed by atoms with van der Waals surface area (Å²) < 4.78 is 5.85. The molecule has 1 amide bonds. The van der Waals surface area contributed by atoms with Crippen molar-refractivity contribution in [3.8, 4) is 0 Å². The fourth-order valence-corrected chi connectivity index (χ4v) is 5.02. The highest BCUT2D eigenvalue weighted by Crippen LogP contribution is 2.27. The van der Waals surface area contributed by atoms with Gasteiger partial charge in [0.15, 0.2) is 5.58 Å². The normalized spacial score (nSPS) is 14.7. The highest BCUT2D eigenvalue weighted by molar-refractivity contribution is 7.98. The SMILES string of the molecule is Cc1ccc2oc(SCc3cccc(C(=O)N4CCN(CC=Cc5ccccc5)CC4)c3)nc2c1. The predicted molar refractivity (Wildman–Crippen MR) is 143 cm³/mol. The third-order valence-corrected chi connectivity index (χ3v) is 7.09. The summed E-state index contributed by atoms with van der Waals surface area (Å²) in [6.07, 6.45) is 4.36. The highest BCUT2D eigenvalue weighted by Gasteiger charge is 2.21. The van der Waals surface area contributed by atoms with Crippen LogP contribution < -0.4 is 0 Å². The van der Waals surface area contributed by atoms with E-state index in [1.165, 1.54) is 5.56 Å². The van der Waals surface area contributed by atoms with Crippen LogP contribution in [0, 0.1) is 6.92 Å². The summed E-state index contributed by atoms with van der Waals surface area (Å²) in [5, 5.41) is 0.653. The predicted octanol–water partition coefficient (Wildman–Crippen LogP) is 5.90. The van der Waals surface area contributed by atoms with Crippen LogP contribution in [0.3, 0.4) is 0 Å². The van der Waals surface area contributed by atoms with Gasteiger partial charge in [-0.05, 0) is 47.9 Å². The molecule has 0 unspecified atom stereocenters. The Morgan fingerprint density at radius 3 is 2.66 bits per heavy atom. The molecular formula is C29H29N3O2S. The number of carbonyl (C=O) groups excluding carboxylic acids is 1. The number of hydrogen-bond donors (Lipinski definition) is 0. The Labute approximate surface area is 210 Å². The van der Waals surface area contributed by atoms with Crippen molar-refractivity contribution >= 4 is 34.8 Å². The topological polar surface area (TPSA) is 49.6 Å². The van der Waals surface area contributed by atoms with E-state index in [2.05, 4.69) is 34.2 Å². The molecule has 5 rings (SSSR count). The molecule has 4 aromatic rings. The molecule has 178 valence electrons. The minimum Gasteiger partial charge on any atom is -0.431 e. The van der Waals surface area contributed by atoms with Crippen LogP contribution in [0.2, 0.25) is 0 Å². The molecule has 0 spiro atoms. The van der Waals surface area contributed by atoms with Crippen LogP contribution in [0.5, 0.6) is 0 Å². The zero-order valence-electron chi connectivity index (χ0n) is 19.9. The average Bonchev–Trinajstić information content (AvgIpc) is 3.30. The fourth-order valence-electron chi connectivity index (χ4n) is 4.24. The number of benzene rings is 3. The molecule has 0 aliphatic carbocycles. The van der Waals surface area contributed by atoms with Crippen molar-refractivity contribution in [2.75, 3.05) is 32.7 Å². The summed E-state index contributed by atoms with van der Waals surface area (Å²) in [5.74, 6) is 0.808. The highest BCUT2D eigenvalue weighted by atomic mass is 32.2. The van der Waals surface area contributed by atoms with Gasteiger partial charge in [0, 0.05) is 44.0 Å². The Hall–Kier alpha value is -3.35. The summed E-state index contributed by atoms with van der Waals surface area (Å²) in [5.41, 5.74) is 5.89. The molecule has 1 aliphatic heterocycles. The zero-order chi connectivity index (χ0) is 24.0. The van der Waals surface area contributed by atoms with Crippen molar-refractivity contribution in [1.29, 1.82) is 0 Å². The monoisotopic (exact) mass is 483 g/mol. The maximum absolute atomic E-state index is 13.1. The lowest BCUT2D eigenvalue weighted by Crippen LogP contribution is -2.48. The second-order valence-electron chi connectivity index (χ2n) is 8.85.